The van der Waals surface area contributed by atoms with Gasteiger partial charge in [-0.25, -0.2) is 0 Å². The molecule has 0 bridgehead atoms. The Kier molecular flexibility index (Phi) is 4.42. The molecular weight excluding hydrogens is 168 g/mol. The third-order valence-corrected chi connectivity index (χ3v) is 1.21. The van der Waals surface area contributed by atoms with Crippen molar-refractivity contribution in [2.45, 2.75) is 18.6 Å². The number of aliphatic carboxylic acids is 1. The Balaban J connectivity index is 4.01. The van der Waals surface area contributed by atoms with Crippen LogP contribution >= 0.6 is 0 Å². The van der Waals surface area contributed by atoms with E-state index in [2.05, 4.69) is 0 Å². The van der Waals surface area contributed by atoms with Crippen molar-refractivity contribution in [3.05, 3.63) is 0 Å². The van der Waals surface area contributed by atoms with Gasteiger partial charge in [0.05, 0.1) is 6.61 Å². The standard InChI is InChI=1S/C6H10O6/c7-2-4(9)6(12)3(8)1-5(10)11/h4,6-7,9,12H,1-2H2,(H,10,11). The lowest BCUT2D eigenvalue weighted by Gasteiger charge is -2.12. The van der Waals surface area contributed by atoms with Gasteiger partial charge in [-0.3, -0.25) is 9.59 Å². The van der Waals surface area contributed by atoms with Gasteiger partial charge in [-0.1, -0.05) is 0 Å². The fourth-order valence-electron chi connectivity index (χ4n) is 0.568. The summed E-state index contributed by atoms with van der Waals surface area (Å²) < 4.78 is 0. The van der Waals surface area contributed by atoms with Gasteiger partial charge in [0.15, 0.2) is 5.78 Å². The van der Waals surface area contributed by atoms with Gasteiger partial charge in [0.1, 0.15) is 18.6 Å². The molecule has 4 N–H and O–H groups in total. The molecule has 0 heterocycles. The van der Waals surface area contributed by atoms with Crippen LogP contribution in [-0.4, -0.2) is 51.0 Å². The summed E-state index contributed by atoms with van der Waals surface area (Å²) in [4.78, 5) is 20.6. The Bertz CT molecular complexity index is 177. The van der Waals surface area contributed by atoms with E-state index in [1.165, 1.54) is 0 Å². The molecule has 0 aliphatic heterocycles. The molecule has 0 rings (SSSR count). The van der Waals surface area contributed by atoms with Crippen LogP contribution in [0.25, 0.3) is 0 Å². The lowest BCUT2D eigenvalue weighted by molar-refractivity contribution is -0.145. The predicted molar refractivity (Wildman–Crippen MR) is 36.4 cm³/mol. The highest BCUT2D eigenvalue weighted by Crippen LogP contribution is 1.97. The maximum atomic E-state index is 10.7. The second-order valence-electron chi connectivity index (χ2n) is 2.23. The van der Waals surface area contributed by atoms with Crippen LogP contribution in [0.3, 0.4) is 0 Å². The molecule has 2 atom stereocenters. The zero-order chi connectivity index (χ0) is 9.72. The molecule has 6 nitrogen and oxygen atoms in total. The van der Waals surface area contributed by atoms with Gasteiger partial charge in [0.25, 0.3) is 0 Å². The highest BCUT2D eigenvalue weighted by Gasteiger charge is 2.24. The van der Waals surface area contributed by atoms with Gasteiger partial charge in [0.2, 0.25) is 0 Å². The Hall–Kier alpha value is -0.980. The van der Waals surface area contributed by atoms with E-state index in [9.17, 15) is 9.59 Å². The normalized spacial score (nSPS) is 15.2. The fourth-order valence-corrected chi connectivity index (χ4v) is 0.568. The minimum atomic E-state index is -1.83. The molecule has 0 aromatic heterocycles. The number of carboxylic acid groups (broad SMARTS) is 1. The van der Waals surface area contributed by atoms with Crippen molar-refractivity contribution >= 4 is 11.8 Å². The first kappa shape index (κ1) is 11.0. The van der Waals surface area contributed by atoms with E-state index >= 15 is 0 Å². The summed E-state index contributed by atoms with van der Waals surface area (Å²) in [5, 5.41) is 33.9. The lowest BCUT2D eigenvalue weighted by Crippen LogP contribution is -2.37. The first-order valence-corrected chi connectivity index (χ1v) is 3.20. The number of carbonyl (C=O) groups is 2. The molecule has 0 radical (unpaired) electrons. The predicted octanol–water partition coefficient (Wildman–Crippen LogP) is -2.26. The molecule has 0 aromatic carbocycles. The molecule has 70 valence electrons. The maximum absolute atomic E-state index is 10.7. The van der Waals surface area contributed by atoms with Crippen LogP contribution in [0.4, 0.5) is 0 Å². The van der Waals surface area contributed by atoms with Gasteiger partial charge in [-0.05, 0) is 0 Å². The van der Waals surface area contributed by atoms with Crippen molar-refractivity contribution in [3.8, 4) is 0 Å². The van der Waals surface area contributed by atoms with Gasteiger partial charge in [-0.2, -0.15) is 0 Å². The van der Waals surface area contributed by atoms with Gasteiger partial charge in [0, 0.05) is 0 Å². The first-order valence-electron chi connectivity index (χ1n) is 3.20. The van der Waals surface area contributed by atoms with Crippen molar-refractivity contribution < 1.29 is 30.0 Å². The largest absolute Gasteiger partial charge is 0.481 e. The van der Waals surface area contributed by atoms with E-state index < -0.39 is 37.0 Å². The van der Waals surface area contributed by atoms with Crippen LogP contribution in [0, 0.1) is 0 Å². The van der Waals surface area contributed by atoms with E-state index in [1.54, 1.807) is 0 Å². The van der Waals surface area contributed by atoms with E-state index in [0.717, 1.165) is 0 Å². The number of ketones is 1. The summed E-state index contributed by atoms with van der Waals surface area (Å²) in [5.74, 6) is -2.41. The number of hydrogen-bond acceptors (Lipinski definition) is 5. The molecule has 0 spiro atoms. The summed E-state index contributed by atoms with van der Waals surface area (Å²) in [6, 6.07) is 0. The molecule has 0 aliphatic rings. The molecular formula is C6H10O6. The molecule has 12 heavy (non-hydrogen) atoms. The topological polar surface area (TPSA) is 115 Å². The number of rotatable bonds is 5. The summed E-state index contributed by atoms with van der Waals surface area (Å²) in [7, 11) is 0. The van der Waals surface area contributed by atoms with Gasteiger partial charge < -0.3 is 20.4 Å². The molecule has 2 unspecified atom stereocenters. The third kappa shape index (κ3) is 3.42. The van der Waals surface area contributed by atoms with Gasteiger partial charge in [-0.15, -0.1) is 0 Å². The zero-order valence-corrected chi connectivity index (χ0v) is 6.17. The Morgan fingerprint density at radius 2 is 1.75 bits per heavy atom. The molecule has 0 aliphatic carbocycles. The van der Waals surface area contributed by atoms with Crippen LogP contribution in [0.15, 0.2) is 0 Å². The highest BCUT2D eigenvalue weighted by atomic mass is 16.4. The second kappa shape index (κ2) is 4.81. The number of carbonyl (C=O) groups excluding carboxylic acids is 1. The van der Waals surface area contributed by atoms with Crippen LogP contribution < -0.4 is 0 Å². The minimum Gasteiger partial charge on any atom is -0.481 e. The number of aliphatic hydroxyl groups excluding tert-OH is 3. The Labute approximate surface area is 68.1 Å². The van der Waals surface area contributed by atoms with E-state index in [-0.39, 0.29) is 0 Å². The molecule has 6 heteroatoms. The Morgan fingerprint density at radius 3 is 2.08 bits per heavy atom. The van der Waals surface area contributed by atoms with Crippen molar-refractivity contribution in [2.24, 2.45) is 0 Å². The monoisotopic (exact) mass is 178 g/mol. The third-order valence-electron chi connectivity index (χ3n) is 1.21. The van der Waals surface area contributed by atoms with Crippen molar-refractivity contribution in [1.29, 1.82) is 0 Å². The SMILES string of the molecule is O=C(O)CC(=O)C(O)C(O)CO. The number of Topliss-reactive ketones (excluding diaryl/α,β-unsaturated/α-hetero) is 1. The van der Waals surface area contributed by atoms with Gasteiger partial charge >= 0.3 is 5.97 Å². The fraction of sp³-hybridized carbons (Fsp3) is 0.667. The van der Waals surface area contributed by atoms with Crippen molar-refractivity contribution in [1.82, 2.24) is 0 Å². The highest BCUT2D eigenvalue weighted by molar-refractivity contribution is 5.97. The van der Waals surface area contributed by atoms with Crippen LogP contribution in [-0.2, 0) is 9.59 Å². The quantitative estimate of drug-likeness (QED) is 0.353. The van der Waals surface area contributed by atoms with Crippen LogP contribution in [0.2, 0.25) is 0 Å². The van der Waals surface area contributed by atoms with E-state index in [4.69, 9.17) is 20.4 Å². The summed E-state index contributed by atoms with van der Waals surface area (Å²) >= 11 is 0. The molecule has 0 amide bonds. The molecule has 0 aromatic rings. The minimum absolute atomic E-state index is 0.785. The zero-order valence-electron chi connectivity index (χ0n) is 6.17. The average molecular weight is 178 g/mol. The summed E-state index contributed by atoms with van der Waals surface area (Å²) in [5.41, 5.74) is 0. The van der Waals surface area contributed by atoms with Crippen LogP contribution in [0.1, 0.15) is 6.42 Å². The molecule has 0 saturated carbocycles. The maximum Gasteiger partial charge on any atom is 0.310 e. The van der Waals surface area contributed by atoms with Crippen molar-refractivity contribution in [2.75, 3.05) is 6.61 Å². The number of carboxylic acids is 1. The average Bonchev–Trinajstić information content (AvgIpc) is 2.00. The number of hydrogen-bond donors (Lipinski definition) is 4. The lowest BCUT2D eigenvalue weighted by atomic mass is 10.1. The number of aliphatic hydroxyl groups is 3. The first-order chi connectivity index (χ1) is 5.49. The van der Waals surface area contributed by atoms with E-state index in [0.29, 0.717) is 0 Å². The van der Waals surface area contributed by atoms with Crippen LogP contribution in [0.5, 0.6) is 0 Å². The molecule has 0 fully saturated rings. The smallest absolute Gasteiger partial charge is 0.310 e. The molecule has 0 saturated heterocycles. The Morgan fingerprint density at radius 1 is 1.25 bits per heavy atom. The second-order valence-corrected chi connectivity index (χ2v) is 2.23. The summed E-state index contributed by atoms with van der Waals surface area (Å²) in [6.07, 6.45) is -4.30. The van der Waals surface area contributed by atoms with Crippen molar-refractivity contribution in [3.63, 3.8) is 0 Å². The van der Waals surface area contributed by atoms with E-state index in [1.807, 2.05) is 0 Å². The summed E-state index contributed by atoms with van der Waals surface area (Å²) in [6.45, 7) is -0.785.